The maximum absolute atomic E-state index is 10.1. The van der Waals surface area contributed by atoms with Crippen molar-refractivity contribution in [3.05, 3.63) is 0 Å². The number of nitrogens with zero attached hydrogens (tertiary/aromatic N) is 2. The molecule has 4 atom stereocenters. The van der Waals surface area contributed by atoms with E-state index in [4.69, 9.17) is 0 Å². The normalized spacial score (nSPS) is 37.2. The molecule has 0 bridgehead atoms. The molecule has 0 amide bonds. The third kappa shape index (κ3) is 7.38. The molecule has 0 aromatic rings. The first-order valence-corrected chi connectivity index (χ1v) is 9.79. The second-order valence-electron chi connectivity index (χ2n) is 9.12. The number of hydrogen-bond donors (Lipinski definition) is 2. The van der Waals surface area contributed by atoms with Crippen molar-refractivity contribution in [2.75, 3.05) is 41.3 Å². The van der Waals surface area contributed by atoms with E-state index >= 15 is 0 Å². The van der Waals surface area contributed by atoms with Gasteiger partial charge < -0.3 is 20.0 Å². The second kappa shape index (κ2) is 9.51. The summed E-state index contributed by atoms with van der Waals surface area (Å²) in [6.07, 6.45) is 9.28. The van der Waals surface area contributed by atoms with Crippen LogP contribution in [-0.2, 0) is 0 Å². The summed E-state index contributed by atoms with van der Waals surface area (Å²) < 4.78 is 0. The van der Waals surface area contributed by atoms with Gasteiger partial charge in [0.05, 0.1) is 11.2 Å². The summed E-state index contributed by atoms with van der Waals surface area (Å²) in [7, 11) is 8.30. The predicted octanol–water partition coefficient (Wildman–Crippen LogP) is 2.98. The van der Waals surface area contributed by atoms with E-state index in [0.29, 0.717) is 11.8 Å². The monoisotopic (exact) mass is 342 g/mol. The molecule has 0 aliphatic heterocycles. The molecule has 0 heterocycles. The first kappa shape index (κ1) is 21.9. The van der Waals surface area contributed by atoms with E-state index < -0.39 is 11.2 Å². The van der Waals surface area contributed by atoms with Crippen LogP contribution in [0.2, 0.25) is 0 Å². The van der Waals surface area contributed by atoms with Crippen LogP contribution in [0.4, 0.5) is 0 Å². The van der Waals surface area contributed by atoms with E-state index in [1.165, 1.54) is 38.5 Å². The molecule has 4 heteroatoms. The highest BCUT2D eigenvalue weighted by atomic mass is 16.3. The van der Waals surface area contributed by atoms with Gasteiger partial charge in [0.1, 0.15) is 0 Å². The average molecular weight is 343 g/mol. The van der Waals surface area contributed by atoms with Gasteiger partial charge in [0, 0.05) is 24.9 Å². The minimum absolute atomic E-state index is 0.414. The Hall–Kier alpha value is -0.160. The lowest BCUT2D eigenvalue weighted by molar-refractivity contribution is -0.0401. The van der Waals surface area contributed by atoms with Crippen LogP contribution in [0.5, 0.6) is 0 Å². The van der Waals surface area contributed by atoms with Crippen LogP contribution in [0, 0.1) is 11.8 Å². The molecule has 0 aromatic heterocycles. The Labute approximate surface area is 150 Å². The van der Waals surface area contributed by atoms with Gasteiger partial charge in [-0.1, -0.05) is 25.7 Å². The van der Waals surface area contributed by atoms with Crippen LogP contribution in [0.1, 0.15) is 65.2 Å². The van der Waals surface area contributed by atoms with Crippen LogP contribution in [0.15, 0.2) is 0 Å². The first-order chi connectivity index (χ1) is 11.0. The fourth-order valence-corrected chi connectivity index (χ4v) is 4.23. The van der Waals surface area contributed by atoms with Crippen LogP contribution >= 0.6 is 0 Å². The SMILES string of the molecule is CN(C)C[C@@H]1CCCC[C@]1(C)O.CN(C)C[C@H]1CCCC[C@@]1(C)O. The molecule has 0 saturated heterocycles. The third-order valence-electron chi connectivity index (χ3n) is 5.90. The number of hydrogen-bond acceptors (Lipinski definition) is 4. The minimum atomic E-state index is -0.414. The smallest absolute Gasteiger partial charge is 0.0660 e. The number of rotatable bonds is 4. The number of aliphatic hydroxyl groups is 2. The Morgan fingerprint density at radius 3 is 1.29 bits per heavy atom. The summed E-state index contributed by atoms with van der Waals surface area (Å²) in [6.45, 7) is 6.01. The van der Waals surface area contributed by atoms with Crippen LogP contribution in [0.3, 0.4) is 0 Å². The molecule has 4 nitrogen and oxygen atoms in total. The van der Waals surface area contributed by atoms with Crippen molar-refractivity contribution in [1.29, 1.82) is 0 Å². The highest BCUT2D eigenvalue weighted by Crippen LogP contribution is 2.34. The van der Waals surface area contributed by atoms with Gasteiger partial charge in [-0.2, -0.15) is 0 Å². The van der Waals surface area contributed by atoms with Crippen LogP contribution in [0.25, 0.3) is 0 Å². The largest absolute Gasteiger partial charge is 0.390 e. The first-order valence-electron chi connectivity index (χ1n) is 9.79. The molecule has 0 spiro atoms. The Kier molecular flexibility index (Phi) is 8.67. The molecular weight excluding hydrogens is 300 g/mol. The van der Waals surface area contributed by atoms with E-state index in [1.54, 1.807) is 0 Å². The van der Waals surface area contributed by atoms with E-state index in [2.05, 4.69) is 38.0 Å². The maximum atomic E-state index is 10.1. The summed E-state index contributed by atoms with van der Waals surface area (Å²) in [4.78, 5) is 4.34. The van der Waals surface area contributed by atoms with Gasteiger partial charge in [0.15, 0.2) is 0 Å². The molecule has 144 valence electrons. The quantitative estimate of drug-likeness (QED) is 0.824. The van der Waals surface area contributed by atoms with E-state index in [0.717, 1.165) is 25.9 Å². The van der Waals surface area contributed by atoms with Crippen LogP contribution < -0.4 is 0 Å². The van der Waals surface area contributed by atoms with Gasteiger partial charge in [-0.3, -0.25) is 0 Å². The molecular formula is C20H42N2O2. The molecule has 2 aliphatic rings. The van der Waals surface area contributed by atoms with Gasteiger partial charge >= 0.3 is 0 Å². The van der Waals surface area contributed by atoms with Gasteiger partial charge in [-0.25, -0.2) is 0 Å². The minimum Gasteiger partial charge on any atom is -0.390 e. The third-order valence-corrected chi connectivity index (χ3v) is 5.90. The summed E-state index contributed by atoms with van der Waals surface area (Å²) in [5.74, 6) is 0.947. The van der Waals surface area contributed by atoms with Gasteiger partial charge in [-0.05, 0) is 67.7 Å². The molecule has 0 radical (unpaired) electrons. The topological polar surface area (TPSA) is 46.9 Å². The van der Waals surface area contributed by atoms with Crippen molar-refractivity contribution in [2.24, 2.45) is 11.8 Å². The van der Waals surface area contributed by atoms with Gasteiger partial charge in [0.25, 0.3) is 0 Å². The Bertz CT molecular complexity index is 320. The van der Waals surface area contributed by atoms with Crippen LogP contribution in [-0.4, -0.2) is 72.5 Å². The summed E-state index contributed by atoms with van der Waals surface area (Å²) in [6, 6.07) is 0. The maximum Gasteiger partial charge on any atom is 0.0660 e. The molecule has 2 aliphatic carbocycles. The Morgan fingerprint density at radius 2 is 1.04 bits per heavy atom. The average Bonchev–Trinajstić information content (AvgIpc) is 2.43. The van der Waals surface area contributed by atoms with Crippen molar-refractivity contribution in [1.82, 2.24) is 9.80 Å². The molecule has 2 fully saturated rings. The van der Waals surface area contributed by atoms with Crippen molar-refractivity contribution in [3.8, 4) is 0 Å². The summed E-state index contributed by atoms with van der Waals surface area (Å²) >= 11 is 0. The molecule has 2 saturated carbocycles. The van der Waals surface area contributed by atoms with E-state index in [-0.39, 0.29) is 0 Å². The lowest BCUT2D eigenvalue weighted by atomic mass is 9.76. The van der Waals surface area contributed by atoms with Gasteiger partial charge in [0.2, 0.25) is 0 Å². The van der Waals surface area contributed by atoms with Crippen molar-refractivity contribution in [2.45, 2.75) is 76.4 Å². The van der Waals surface area contributed by atoms with E-state index in [1.807, 2.05) is 13.8 Å². The Morgan fingerprint density at radius 1 is 0.708 bits per heavy atom. The Balaban J connectivity index is 0.000000240. The highest BCUT2D eigenvalue weighted by molar-refractivity contribution is 4.87. The van der Waals surface area contributed by atoms with Crippen molar-refractivity contribution in [3.63, 3.8) is 0 Å². The standard InChI is InChI=1S/2C10H21NO/c2*1-10(12)7-5-4-6-9(10)8-11(2)3/h2*9,12H,4-8H2,1-3H3/t2*9-,10-/m10/s1. The molecule has 0 unspecified atom stereocenters. The second-order valence-corrected chi connectivity index (χ2v) is 9.12. The lowest BCUT2D eigenvalue weighted by Gasteiger charge is -2.38. The lowest BCUT2D eigenvalue weighted by Crippen LogP contribution is -2.42. The zero-order valence-electron chi connectivity index (χ0n) is 17.0. The predicted molar refractivity (Wildman–Crippen MR) is 102 cm³/mol. The zero-order chi connectivity index (χ0) is 18.4. The fraction of sp³-hybridized carbons (Fsp3) is 1.00. The molecule has 0 aromatic carbocycles. The van der Waals surface area contributed by atoms with Crippen molar-refractivity contribution >= 4 is 0 Å². The zero-order valence-corrected chi connectivity index (χ0v) is 17.0. The summed E-state index contributed by atoms with van der Waals surface area (Å²) in [5, 5.41) is 20.1. The molecule has 2 rings (SSSR count). The van der Waals surface area contributed by atoms with Crippen molar-refractivity contribution < 1.29 is 10.2 Å². The molecule has 24 heavy (non-hydrogen) atoms. The fourth-order valence-electron chi connectivity index (χ4n) is 4.23. The highest BCUT2D eigenvalue weighted by Gasteiger charge is 2.35. The van der Waals surface area contributed by atoms with Gasteiger partial charge in [-0.15, -0.1) is 0 Å². The molecule has 2 N–H and O–H groups in total. The van der Waals surface area contributed by atoms with E-state index in [9.17, 15) is 10.2 Å². The summed E-state index contributed by atoms with van der Waals surface area (Å²) in [5.41, 5.74) is -0.828.